The number of carbonyl (C=O) groups is 1. The van der Waals surface area contributed by atoms with Crippen molar-refractivity contribution in [3.05, 3.63) is 136 Å². The molecule has 7 heteroatoms. The Morgan fingerprint density at radius 3 is 2.41 bits per heavy atom. The molecule has 0 spiro atoms. The van der Waals surface area contributed by atoms with Gasteiger partial charge in [0.2, 0.25) is 0 Å². The Balaban J connectivity index is 1.29. The third kappa shape index (κ3) is 7.60. The zero-order chi connectivity index (χ0) is 28.4. The fourth-order valence-corrected chi connectivity index (χ4v) is 5.47. The summed E-state index contributed by atoms with van der Waals surface area (Å²) >= 11 is 1.64. The molecule has 0 unspecified atom stereocenters. The third-order valence-corrected chi connectivity index (χ3v) is 7.81. The molecule has 4 aromatic carbocycles. The van der Waals surface area contributed by atoms with E-state index in [1.807, 2.05) is 78.9 Å². The van der Waals surface area contributed by atoms with Gasteiger partial charge in [0.25, 0.3) is 5.91 Å². The van der Waals surface area contributed by atoms with E-state index >= 15 is 0 Å². The van der Waals surface area contributed by atoms with Crippen molar-refractivity contribution >= 4 is 22.4 Å². The fraction of sp³-hybridized carbons (Fsp3) is 0.176. The van der Waals surface area contributed by atoms with Gasteiger partial charge in [-0.15, -0.1) is 11.3 Å². The Morgan fingerprint density at radius 1 is 0.878 bits per heavy atom. The van der Waals surface area contributed by atoms with E-state index in [2.05, 4.69) is 39.9 Å². The molecule has 5 aromatic rings. The van der Waals surface area contributed by atoms with Gasteiger partial charge in [-0.05, 0) is 52.9 Å². The number of hydrogen-bond acceptors (Lipinski definition) is 6. The van der Waals surface area contributed by atoms with Crippen molar-refractivity contribution in [1.82, 2.24) is 10.3 Å². The summed E-state index contributed by atoms with van der Waals surface area (Å²) in [5.41, 5.74) is 12.8. The first-order chi connectivity index (χ1) is 20.1. The minimum atomic E-state index is -0.0986. The third-order valence-electron chi connectivity index (χ3n) is 6.91. The molecule has 0 aliphatic rings. The van der Waals surface area contributed by atoms with Crippen LogP contribution in [0.15, 0.2) is 109 Å². The molecule has 0 saturated heterocycles. The van der Waals surface area contributed by atoms with Gasteiger partial charge in [-0.3, -0.25) is 4.79 Å². The number of benzene rings is 4. The van der Waals surface area contributed by atoms with Crippen LogP contribution in [0.4, 0.5) is 5.13 Å². The number of nitrogens with two attached hydrogens (primary N) is 1. The molecule has 208 valence electrons. The molecule has 1 amide bonds. The van der Waals surface area contributed by atoms with Crippen molar-refractivity contribution in [3.8, 4) is 17.0 Å². The van der Waals surface area contributed by atoms with Crippen LogP contribution < -0.4 is 20.7 Å². The van der Waals surface area contributed by atoms with Crippen LogP contribution in [-0.2, 0) is 26.1 Å². The largest absolute Gasteiger partial charge is 0.497 e. The van der Waals surface area contributed by atoms with Crippen LogP contribution in [0.2, 0.25) is 0 Å². The fourth-order valence-electron chi connectivity index (χ4n) is 4.61. The molecule has 0 aliphatic carbocycles. The average molecular weight is 563 g/mol. The molecule has 41 heavy (non-hydrogen) atoms. The van der Waals surface area contributed by atoms with Gasteiger partial charge in [0.05, 0.1) is 12.8 Å². The first kappa shape index (κ1) is 28.1. The highest BCUT2D eigenvalue weighted by Gasteiger charge is 2.15. The quantitative estimate of drug-likeness (QED) is 0.183. The van der Waals surface area contributed by atoms with Crippen molar-refractivity contribution in [2.75, 3.05) is 18.6 Å². The van der Waals surface area contributed by atoms with Crippen molar-refractivity contribution in [1.29, 1.82) is 0 Å². The number of amides is 1. The number of rotatable bonds is 12. The summed E-state index contributed by atoms with van der Waals surface area (Å²) in [6.45, 7) is 2.45. The van der Waals surface area contributed by atoms with E-state index in [0.717, 1.165) is 51.8 Å². The van der Waals surface area contributed by atoms with E-state index in [1.54, 1.807) is 18.4 Å². The maximum absolute atomic E-state index is 12.8. The predicted molar refractivity (Wildman–Crippen MR) is 167 cm³/mol. The summed E-state index contributed by atoms with van der Waals surface area (Å²) in [6.07, 6.45) is 0.904. The van der Waals surface area contributed by atoms with Crippen molar-refractivity contribution in [2.45, 2.75) is 26.1 Å². The summed E-state index contributed by atoms with van der Waals surface area (Å²) in [5, 5.41) is 6.06. The van der Waals surface area contributed by atoms with Crippen LogP contribution >= 0.6 is 11.3 Å². The topological polar surface area (TPSA) is 80.5 Å². The molecule has 0 bridgehead atoms. The first-order valence-corrected chi connectivity index (χ1v) is 14.5. The van der Waals surface area contributed by atoms with Crippen LogP contribution in [0.25, 0.3) is 11.3 Å². The molecular formula is C34H34N4O2S. The highest BCUT2D eigenvalue weighted by atomic mass is 32.1. The number of ether oxygens (including phenoxy) is 1. The number of aromatic nitrogens is 1. The van der Waals surface area contributed by atoms with Gasteiger partial charge >= 0.3 is 0 Å². The summed E-state index contributed by atoms with van der Waals surface area (Å²) in [4.78, 5) is 20.1. The smallest absolute Gasteiger partial charge is 0.251 e. The molecule has 1 heterocycles. The van der Waals surface area contributed by atoms with Crippen LogP contribution in [0, 0.1) is 0 Å². The first-order valence-electron chi connectivity index (χ1n) is 13.6. The summed E-state index contributed by atoms with van der Waals surface area (Å²) in [7, 11) is 1.67. The normalized spacial score (nSPS) is 10.8. The van der Waals surface area contributed by atoms with Crippen LogP contribution in [0.3, 0.4) is 0 Å². The van der Waals surface area contributed by atoms with E-state index in [4.69, 9.17) is 15.5 Å². The number of hydrogen-bond donors (Lipinski definition) is 2. The summed E-state index contributed by atoms with van der Waals surface area (Å²) in [6, 6.07) is 34.2. The lowest BCUT2D eigenvalue weighted by atomic mass is 10.1. The molecule has 0 radical (unpaired) electrons. The summed E-state index contributed by atoms with van der Waals surface area (Å²) in [5.74, 6) is 0.713. The van der Waals surface area contributed by atoms with Crippen LogP contribution in [0.1, 0.15) is 32.6 Å². The predicted octanol–water partition coefficient (Wildman–Crippen LogP) is 6.46. The average Bonchev–Trinajstić information content (AvgIpc) is 3.53. The van der Waals surface area contributed by atoms with Crippen molar-refractivity contribution in [3.63, 3.8) is 0 Å². The van der Waals surface area contributed by atoms with E-state index in [0.29, 0.717) is 25.2 Å². The molecule has 6 nitrogen and oxygen atoms in total. The van der Waals surface area contributed by atoms with Gasteiger partial charge in [-0.2, -0.15) is 0 Å². The van der Waals surface area contributed by atoms with Crippen molar-refractivity contribution < 1.29 is 9.53 Å². The highest BCUT2D eigenvalue weighted by Crippen LogP contribution is 2.30. The molecule has 5 rings (SSSR count). The molecule has 3 N–H and O–H groups in total. The Kier molecular flexibility index (Phi) is 9.41. The van der Waals surface area contributed by atoms with E-state index in [9.17, 15) is 4.79 Å². The molecular weight excluding hydrogens is 528 g/mol. The number of anilines is 1. The van der Waals surface area contributed by atoms with Crippen LogP contribution in [0.5, 0.6) is 5.75 Å². The Hall–Kier alpha value is -4.46. The number of nitrogens with one attached hydrogen (secondary N) is 1. The second-order valence-corrected chi connectivity index (χ2v) is 10.6. The van der Waals surface area contributed by atoms with Gasteiger partial charge in [0, 0.05) is 42.7 Å². The second kappa shape index (κ2) is 13.7. The molecule has 0 fully saturated rings. The molecule has 0 aliphatic heterocycles. The lowest BCUT2D eigenvalue weighted by Gasteiger charge is -2.22. The number of thiazole rings is 1. The Labute approximate surface area is 245 Å². The molecule has 0 atom stereocenters. The summed E-state index contributed by atoms with van der Waals surface area (Å²) < 4.78 is 5.40. The van der Waals surface area contributed by atoms with Crippen LogP contribution in [-0.4, -0.2) is 24.5 Å². The lowest BCUT2D eigenvalue weighted by molar-refractivity contribution is 0.0951. The van der Waals surface area contributed by atoms with E-state index < -0.39 is 0 Å². The van der Waals surface area contributed by atoms with Gasteiger partial charge in [0.15, 0.2) is 5.13 Å². The van der Waals surface area contributed by atoms with Gasteiger partial charge < -0.3 is 20.7 Å². The standard InChI is InChI=1S/C34H34N4O2S/c1-40-31-12-6-11-30(20-31)32-24-41-34(37-32)38(18-17-25-7-3-2-4-8-25)23-26-13-15-29(16-14-26)33(39)36-22-28-10-5-9-27(19-28)21-35/h2-16,19-20,24H,17-18,21-23,35H2,1H3,(H,36,39). The van der Waals surface area contributed by atoms with Gasteiger partial charge in [-0.1, -0.05) is 78.9 Å². The van der Waals surface area contributed by atoms with Gasteiger partial charge in [-0.25, -0.2) is 4.98 Å². The minimum absolute atomic E-state index is 0.0986. The maximum Gasteiger partial charge on any atom is 0.251 e. The number of methoxy groups -OCH3 is 1. The Morgan fingerprint density at radius 2 is 1.63 bits per heavy atom. The van der Waals surface area contributed by atoms with Gasteiger partial charge in [0.1, 0.15) is 5.75 Å². The Bertz CT molecular complexity index is 1570. The second-order valence-electron chi connectivity index (χ2n) is 9.81. The lowest BCUT2D eigenvalue weighted by Crippen LogP contribution is -2.25. The van der Waals surface area contributed by atoms with Crippen molar-refractivity contribution in [2.24, 2.45) is 5.73 Å². The zero-order valence-electron chi connectivity index (χ0n) is 23.1. The highest BCUT2D eigenvalue weighted by molar-refractivity contribution is 7.14. The minimum Gasteiger partial charge on any atom is -0.497 e. The zero-order valence-corrected chi connectivity index (χ0v) is 23.9. The SMILES string of the molecule is COc1cccc(-c2csc(N(CCc3ccccc3)Cc3ccc(C(=O)NCc4cccc(CN)c4)cc3)n2)c1. The monoisotopic (exact) mass is 562 g/mol. The van der Waals surface area contributed by atoms with E-state index in [-0.39, 0.29) is 5.91 Å². The molecule has 0 saturated carbocycles. The van der Waals surface area contributed by atoms with E-state index in [1.165, 1.54) is 5.56 Å². The maximum atomic E-state index is 12.8. The molecule has 1 aromatic heterocycles. The number of carbonyl (C=O) groups excluding carboxylic acids is 1. The number of nitrogens with zero attached hydrogens (tertiary/aromatic N) is 2.